The lowest BCUT2D eigenvalue weighted by atomic mass is 10.1. The maximum Gasteiger partial charge on any atom is 0.273 e. The molecule has 6 heteroatoms. The molecule has 0 radical (unpaired) electrons. The minimum absolute atomic E-state index is 0.255. The molecule has 0 saturated carbocycles. The Kier molecular flexibility index (Phi) is 4.80. The maximum absolute atomic E-state index is 12.3. The Balaban J connectivity index is 1.40. The normalized spacial score (nSPS) is 10.7. The van der Waals surface area contributed by atoms with Crippen molar-refractivity contribution in [3.8, 4) is 22.6 Å². The lowest BCUT2D eigenvalue weighted by Crippen LogP contribution is -2.22. The van der Waals surface area contributed by atoms with Crippen molar-refractivity contribution in [2.24, 2.45) is 0 Å². The molecule has 2 aromatic heterocycles. The number of carbonyl (C=O) groups excluding carboxylic acids is 1. The summed E-state index contributed by atoms with van der Waals surface area (Å²) in [4.78, 5) is 16.9. The van der Waals surface area contributed by atoms with Gasteiger partial charge in [-0.15, -0.1) is 11.3 Å². The zero-order chi connectivity index (χ0) is 18.6. The van der Waals surface area contributed by atoms with Gasteiger partial charge in [0.15, 0.2) is 11.5 Å². The predicted molar refractivity (Wildman–Crippen MR) is 105 cm³/mol. The number of nitrogens with zero attached hydrogens (tertiary/aromatic N) is 2. The molecule has 27 heavy (non-hydrogen) atoms. The highest BCUT2D eigenvalue weighted by atomic mass is 32.1. The summed E-state index contributed by atoms with van der Waals surface area (Å²) >= 11 is 1.52. The quantitative estimate of drug-likeness (QED) is 0.549. The van der Waals surface area contributed by atoms with Gasteiger partial charge in [-0.2, -0.15) is 0 Å². The van der Waals surface area contributed by atoms with Crippen LogP contribution in [-0.2, 0) is 6.54 Å². The average molecular weight is 375 g/mol. The van der Waals surface area contributed by atoms with E-state index in [4.69, 9.17) is 4.52 Å². The van der Waals surface area contributed by atoms with Gasteiger partial charge in [-0.05, 0) is 6.92 Å². The molecular weight excluding hydrogens is 358 g/mol. The van der Waals surface area contributed by atoms with Crippen molar-refractivity contribution < 1.29 is 9.32 Å². The topological polar surface area (TPSA) is 68.0 Å². The molecule has 0 bridgehead atoms. The van der Waals surface area contributed by atoms with E-state index in [2.05, 4.69) is 15.5 Å². The summed E-state index contributed by atoms with van der Waals surface area (Å²) in [5.41, 5.74) is 4.28. The monoisotopic (exact) mass is 375 g/mol. The van der Waals surface area contributed by atoms with Gasteiger partial charge in [0.05, 0.1) is 12.2 Å². The second kappa shape index (κ2) is 7.55. The Morgan fingerprint density at radius 2 is 1.85 bits per heavy atom. The fraction of sp³-hybridized carbons (Fsp3) is 0.0952. The Morgan fingerprint density at radius 1 is 1.07 bits per heavy atom. The van der Waals surface area contributed by atoms with E-state index in [0.717, 1.165) is 27.4 Å². The molecule has 5 nitrogen and oxygen atoms in total. The van der Waals surface area contributed by atoms with Crippen molar-refractivity contribution in [2.75, 3.05) is 0 Å². The number of aryl methyl sites for hydroxylation is 1. The highest BCUT2D eigenvalue weighted by Crippen LogP contribution is 2.22. The van der Waals surface area contributed by atoms with Gasteiger partial charge in [0.1, 0.15) is 5.01 Å². The highest BCUT2D eigenvalue weighted by Gasteiger charge is 2.14. The molecule has 0 aliphatic rings. The number of benzene rings is 2. The van der Waals surface area contributed by atoms with E-state index < -0.39 is 0 Å². The minimum Gasteiger partial charge on any atom is -0.355 e. The van der Waals surface area contributed by atoms with Crippen LogP contribution in [0.2, 0.25) is 0 Å². The number of carbonyl (C=O) groups is 1. The van der Waals surface area contributed by atoms with Crippen LogP contribution in [0.15, 0.2) is 70.6 Å². The van der Waals surface area contributed by atoms with Crippen LogP contribution in [0.4, 0.5) is 0 Å². The molecule has 0 unspecified atom stereocenters. The summed E-state index contributed by atoms with van der Waals surface area (Å²) in [7, 11) is 0. The fourth-order valence-corrected chi connectivity index (χ4v) is 3.36. The predicted octanol–water partition coefficient (Wildman–Crippen LogP) is 4.70. The summed E-state index contributed by atoms with van der Waals surface area (Å²) < 4.78 is 5.30. The number of rotatable bonds is 5. The van der Waals surface area contributed by atoms with Crippen molar-refractivity contribution in [3.05, 3.63) is 82.3 Å². The molecule has 134 valence electrons. The first-order chi connectivity index (χ1) is 13.2. The van der Waals surface area contributed by atoms with Gasteiger partial charge in [-0.3, -0.25) is 4.79 Å². The number of hydrogen-bond acceptors (Lipinski definition) is 5. The van der Waals surface area contributed by atoms with Crippen LogP contribution in [0, 0.1) is 6.92 Å². The summed E-state index contributed by atoms with van der Waals surface area (Å²) in [6.07, 6.45) is 0. The lowest BCUT2D eigenvalue weighted by molar-refractivity contribution is 0.0942. The zero-order valence-electron chi connectivity index (χ0n) is 14.7. The average Bonchev–Trinajstić information content (AvgIpc) is 3.37. The molecule has 2 aromatic carbocycles. The molecule has 0 atom stereocenters. The van der Waals surface area contributed by atoms with Crippen LogP contribution >= 0.6 is 11.3 Å². The molecule has 0 aliphatic heterocycles. The van der Waals surface area contributed by atoms with Gasteiger partial charge in [-0.25, -0.2) is 4.98 Å². The van der Waals surface area contributed by atoms with E-state index in [1.807, 2.05) is 66.9 Å². The fourth-order valence-electron chi connectivity index (χ4n) is 2.62. The van der Waals surface area contributed by atoms with E-state index >= 15 is 0 Å². The number of nitrogens with one attached hydrogen (secondary N) is 1. The first-order valence-electron chi connectivity index (χ1n) is 8.51. The smallest absolute Gasteiger partial charge is 0.273 e. The zero-order valence-corrected chi connectivity index (χ0v) is 15.5. The van der Waals surface area contributed by atoms with Crippen LogP contribution in [-0.4, -0.2) is 16.0 Å². The largest absolute Gasteiger partial charge is 0.355 e. The van der Waals surface area contributed by atoms with E-state index in [9.17, 15) is 4.79 Å². The van der Waals surface area contributed by atoms with Crippen LogP contribution in [0.1, 0.15) is 21.1 Å². The summed E-state index contributed by atoms with van der Waals surface area (Å²) in [6, 6.07) is 19.5. The van der Waals surface area contributed by atoms with Gasteiger partial charge in [0.25, 0.3) is 5.91 Å². The minimum atomic E-state index is -0.284. The third-order valence-corrected chi connectivity index (χ3v) is 4.95. The van der Waals surface area contributed by atoms with Gasteiger partial charge in [-0.1, -0.05) is 65.3 Å². The standard InChI is InChI=1S/C21H17N3O2S/c1-14-7-9-16(10-8-14)19-11-17(24-26-19)21(25)22-12-20-23-18(13-27-20)15-5-3-2-4-6-15/h2-11,13H,12H2,1H3,(H,22,25). The Hall–Kier alpha value is -3.25. The van der Waals surface area contributed by atoms with Crippen molar-refractivity contribution in [2.45, 2.75) is 13.5 Å². The maximum atomic E-state index is 12.3. The molecular formula is C21H17N3O2S. The molecule has 0 saturated heterocycles. The van der Waals surface area contributed by atoms with E-state index in [1.165, 1.54) is 11.3 Å². The third kappa shape index (κ3) is 3.96. The summed E-state index contributed by atoms with van der Waals surface area (Å²) in [5.74, 6) is 0.286. The Labute approximate surface area is 160 Å². The summed E-state index contributed by atoms with van der Waals surface area (Å²) in [6.45, 7) is 2.37. The molecule has 0 aliphatic carbocycles. The molecule has 4 rings (SSSR count). The van der Waals surface area contributed by atoms with Crippen molar-refractivity contribution >= 4 is 17.2 Å². The van der Waals surface area contributed by atoms with Gasteiger partial charge in [0, 0.05) is 22.6 Å². The molecule has 4 aromatic rings. The van der Waals surface area contributed by atoms with E-state index in [1.54, 1.807) is 6.07 Å². The van der Waals surface area contributed by atoms with Gasteiger partial charge < -0.3 is 9.84 Å². The highest BCUT2D eigenvalue weighted by molar-refractivity contribution is 7.09. The number of aromatic nitrogens is 2. The van der Waals surface area contributed by atoms with Crippen LogP contribution in [0.3, 0.4) is 0 Å². The van der Waals surface area contributed by atoms with Crippen LogP contribution < -0.4 is 5.32 Å². The molecule has 0 fully saturated rings. The van der Waals surface area contributed by atoms with Crippen LogP contribution in [0.5, 0.6) is 0 Å². The molecule has 2 heterocycles. The Morgan fingerprint density at radius 3 is 2.63 bits per heavy atom. The third-order valence-electron chi connectivity index (χ3n) is 4.10. The van der Waals surface area contributed by atoms with E-state index in [0.29, 0.717) is 12.3 Å². The van der Waals surface area contributed by atoms with Crippen molar-refractivity contribution in [1.82, 2.24) is 15.5 Å². The molecule has 0 spiro atoms. The number of hydrogen-bond donors (Lipinski definition) is 1. The van der Waals surface area contributed by atoms with Crippen molar-refractivity contribution in [1.29, 1.82) is 0 Å². The SMILES string of the molecule is Cc1ccc(-c2cc(C(=O)NCc3nc(-c4ccccc4)cs3)no2)cc1. The van der Waals surface area contributed by atoms with Crippen LogP contribution in [0.25, 0.3) is 22.6 Å². The van der Waals surface area contributed by atoms with Gasteiger partial charge >= 0.3 is 0 Å². The number of thiazole rings is 1. The van der Waals surface area contributed by atoms with E-state index in [-0.39, 0.29) is 11.6 Å². The lowest BCUT2D eigenvalue weighted by Gasteiger charge is -1.99. The van der Waals surface area contributed by atoms with Crippen molar-refractivity contribution in [3.63, 3.8) is 0 Å². The Bertz CT molecular complexity index is 1050. The molecule has 1 amide bonds. The number of amides is 1. The second-order valence-corrected chi connectivity index (χ2v) is 7.06. The molecule has 1 N–H and O–H groups in total. The van der Waals surface area contributed by atoms with Gasteiger partial charge in [0.2, 0.25) is 0 Å². The first kappa shape index (κ1) is 17.2. The second-order valence-electron chi connectivity index (χ2n) is 6.12. The summed E-state index contributed by atoms with van der Waals surface area (Å²) in [5, 5.41) is 9.54. The first-order valence-corrected chi connectivity index (χ1v) is 9.39.